The van der Waals surface area contributed by atoms with Crippen LogP contribution in [0.5, 0.6) is 0 Å². The quantitative estimate of drug-likeness (QED) is 0.648. The molecule has 0 unspecified atom stereocenters. The highest BCUT2D eigenvalue weighted by Gasteiger charge is 2.22. The molecule has 0 aromatic heterocycles. The van der Waals surface area contributed by atoms with Gasteiger partial charge in [-0.25, -0.2) is 4.57 Å². The summed E-state index contributed by atoms with van der Waals surface area (Å²) in [6, 6.07) is 0.584. The number of phosphoric ester groups is 1. The molecule has 1 aliphatic rings. The molecule has 0 spiro atoms. The summed E-state index contributed by atoms with van der Waals surface area (Å²) < 4.78 is 14.7. The van der Waals surface area contributed by atoms with E-state index in [2.05, 4.69) is 9.42 Å². The molecule has 1 rings (SSSR count). The third-order valence-electron chi connectivity index (χ3n) is 2.40. The fourth-order valence-electron chi connectivity index (χ4n) is 1.31. The van der Waals surface area contributed by atoms with E-state index in [4.69, 9.17) is 9.79 Å². The molecule has 1 fully saturated rings. The number of nitrogens with zero attached hydrogens (tertiary/aromatic N) is 1. The lowest BCUT2D eigenvalue weighted by Crippen LogP contribution is -2.38. The van der Waals surface area contributed by atoms with Crippen molar-refractivity contribution in [2.24, 2.45) is 0 Å². The van der Waals surface area contributed by atoms with E-state index in [1.807, 2.05) is 7.05 Å². The fraction of sp³-hybridized carbons (Fsp3) is 1.00. The van der Waals surface area contributed by atoms with E-state index in [-0.39, 0.29) is 6.61 Å². The maximum absolute atomic E-state index is 10.3. The molecule has 0 aromatic rings. The second-order valence-corrected chi connectivity index (χ2v) is 4.63. The van der Waals surface area contributed by atoms with Crippen LogP contribution in [0.1, 0.15) is 19.3 Å². The molecule has 13 heavy (non-hydrogen) atoms. The van der Waals surface area contributed by atoms with Crippen molar-refractivity contribution in [3.63, 3.8) is 0 Å². The van der Waals surface area contributed by atoms with Gasteiger partial charge in [0.1, 0.15) is 0 Å². The van der Waals surface area contributed by atoms with Gasteiger partial charge in [-0.15, -0.1) is 0 Å². The lowest BCUT2D eigenvalue weighted by atomic mass is 9.92. The summed E-state index contributed by atoms with van der Waals surface area (Å²) in [5.74, 6) is 0. The molecule has 0 heterocycles. The Kier molecular flexibility index (Phi) is 3.88. The van der Waals surface area contributed by atoms with Crippen LogP contribution in [0.25, 0.3) is 0 Å². The Hall–Kier alpha value is 0.0700. The molecule has 0 bridgehead atoms. The molecule has 1 saturated carbocycles. The maximum atomic E-state index is 10.3. The predicted molar refractivity (Wildman–Crippen MR) is 48.3 cm³/mol. The Morgan fingerprint density at radius 3 is 2.54 bits per heavy atom. The minimum absolute atomic E-state index is 0.0945. The first-order chi connectivity index (χ1) is 5.99. The summed E-state index contributed by atoms with van der Waals surface area (Å²) in [6.45, 7) is 0.674. The first-order valence-corrected chi connectivity index (χ1v) is 5.92. The largest absolute Gasteiger partial charge is 0.469 e. The summed E-state index contributed by atoms with van der Waals surface area (Å²) in [7, 11) is -2.32. The van der Waals surface area contributed by atoms with E-state index in [0.29, 0.717) is 12.6 Å². The van der Waals surface area contributed by atoms with Gasteiger partial charge in [-0.2, -0.15) is 0 Å². The van der Waals surface area contributed by atoms with Crippen LogP contribution in [-0.4, -0.2) is 40.9 Å². The lowest BCUT2D eigenvalue weighted by molar-refractivity contribution is 0.119. The molecule has 1 aliphatic carbocycles. The maximum Gasteiger partial charge on any atom is 0.469 e. The average Bonchev–Trinajstić information content (AvgIpc) is 1.79. The highest BCUT2D eigenvalue weighted by atomic mass is 31.2. The Morgan fingerprint density at radius 1 is 1.54 bits per heavy atom. The second-order valence-electron chi connectivity index (χ2n) is 3.39. The topological polar surface area (TPSA) is 70.0 Å². The smallest absolute Gasteiger partial charge is 0.303 e. The van der Waals surface area contributed by atoms with Crippen molar-refractivity contribution in [3.05, 3.63) is 0 Å². The molecule has 2 N–H and O–H groups in total. The van der Waals surface area contributed by atoms with Gasteiger partial charge in [0, 0.05) is 12.6 Å². The monoisotopic (exact) mass is 209 g/mol. The van der Waals surface area contributed by atoms with E-state index >= 15 is 0 Å². The van der Waals surface area contributed by atoms with Crippen molar-refractivity contribution >= 4 is 7.82 Å². The highest BCUT2D eigenvalue weighted by Crippen LogP contribution is 2.35. The van der Waals surface area contributed by atoms with E-state index in [0.717, 1.165) is 0 Å². The molecule has 0 saturated heterocycles. The number of phosphoric acid groups is 1. The zero-order chi connectivity index (χ0) is 9.90. The van der Waals surface area contributed by atoms with Crippen molar-refractivity contribution in [1.82, 2.24) is 4.90 Å². The van der Waals surface area contributed by atoms with Gasteiger partial charge in [0.15, 0.2) is 0 Å². The average molecular weight is 209 g/mol. The number of hydrogen-bond donors (Lipinski definition) is 2. The van der Waals surface area contributed by atoms with Gasteiger partial charge in [-0.3, -0.25) is 4.52 Å². The summed E-state index contributed by atoms with van der Waals surface area (Å²) in [6.07, 6.45) is 3.63. The lowest BCUT2D eigenvalue weighted by Gasteiger charge is -2.34. The van der Waals surface area contributed by atoms with Crippen molar-refractivity contribution < 1.29 is 18.9 Å². The van der Waals surface area contributed by atoms with Crippen LogP contribution >= 0.6 is 7.82 Å². The van der Waals surface area contributed by atoms with Crippen molar-refractivity contribution in [2.45, 2.75) is 25.3 Å². The van der Waals surface area contributed by atoms with Gasteiger partial charge in [-0.05, 0) is 19.9 Å². The number of rotatable bonds is 5. The van der Waals surface area contributed by atoms with E-state index in [1.54, 1.807) is 0 Å². The molecule has 0 radical (unpaired) electrons. The SMILES string of the molecule is CN(CCOP(=O)(O)O)C1CCC1. The van der Waals surface area contributed by atoms with Crippen LogP contribution in [0.4, 0.5) is 0 Å². The summed E-state index contributed by atoms with van der Waals surface area (Å²) in [5.41, 5.74) is 0. The van der Waals surface area contributed by atoms with Gasteiger partial charge in [0.05, 0.1) is 6.61 Å². The molecule has 0 amide bonds. The Bertz CT molecular complexity index is 201. The molecule has 6 heteroatoms. The van der Waals surface area contributed by atoms with Gasteiger partial charge < -0.3 is 14.7 Å². The number of hydrogen-bond acceptors (Lipinski definition) is 3. The minimum atomic E-state index is -4.27. The molecule has 5 nitrogen and oxygen atoms in total. The van der Waals surface area contributed by atoms with E-state index in [1.165, 1.54) is 19.3 Å². The zero-order valence-corrected chi connectivity index (χ0v) is 8.61. The van der Waals surface area contributed by atoms with Crippen LogP contribution in [0.2, 0.25) is 0 Å². The van der Waals surface area contributed by atoms with Crippen LogP contribution in [0, 0.1) is 0 Å². The molecule has 0 aliphatic heterocycles. The van der Waals surface area contributed by atoms with Crippen molar-refractivity contribution in [2.75, 3.05) is 20.2 Å². The Morgan fingerprint density at radius 2 is 2.15 bits per heavy atom. The Labute approximate surface area is 77.9 Å². The number of likely N-dealkylation sites (N-methyl/N-ethyl adjacent to an activating group) is 1. The second kappa shape index (κ2) is 4.53. The highest BCUT2D eigenvalue weighted by molar-refractivity contribution is 7.46. The molecule has 0 atom stereocenters. The van der Waals surface area contributed by atoms with E-state index < -0.39 is 7.82 Å². The van der Waals surface area contributed by atoms with Gasteiger partial charge in [0.25, 0.3) is 0 Å². The standard InChI is InChI=1S/C7H16NO4P/c1-8(7-3-2-4-7)5-6-12-13(9,10)11/h7H,2-6H2,1H3,(H2,9,10,11). The van der Waals surface area contributed by atoms with E-state index in [9.17, 15) is 4.57 Å². The minimum Gasteiger partial charge on any atom is -0.303 e. The van der Waals surface area contributed by atoms with Crippen LogP contribution in [0.15, 0.2) is 0 Å². The third-order valence-corrected chi connectivity index (χ3v) is 2.92. The van der Waals surface area contributed by atoms with Crippen molar-refractivity contribution in [1.29, 1.82) is 0 Å². The van der Waals surface area contributed by atoms with Gasteiger partial charge in [-0.1, -0.05) is 6.42 Å². The summed E-state index contributed by atoms with van der Waals surface area (Å²) in [4.78, 5) is 18.9. The Balaban J connectivity index is 2.08. The molecular weight excluding hydrogens is 193 g/mol. The van der Waals surface area contributed by atoms with Gasteiger partial charge >= 0.3 is 7.82 Å². The van der Waals surface area contributed by atoms with Crippen LogP contribution in [0.3, 0.4) is 0 Å². The summed E-state index contributed by atoms with van der Waals surface area (Å²) in [5, 5.41) is 0. The third kappa shape index (κ3) is 4.20. The van der Waals surface area contributed by atoms with Crippen LogP contribution < -0.4 is 0 Å². The normalized spacial score (nSPS) is 19.1. The summed E-state index contributed by atoms with van der Waals surface area (Å²) >= 11 is 0. The van der Waals surface area contributed by atoms with Gasteiger partial charge in [0.2, 0.25) is 0 Å². The zero-order valence-electron chi connectivity index (χ0n) is 7.72. The predicted octanol–water partition coefficient (Wildman–Crippen LogP) is 0.580. The molecular formula is C7H16NO4P. The first kappa shape index (κ1) is 11.1. The van der Waals surface area contributed by atoms with Crippen LogP contribution in [-0.2, 0) is 9.09 Å². The van der Waals surface area contributed by atoms with Crippen molar-refractivity contribution in [3.8, 4) is 0 Å². The first-order valence-electron chi connectivity index (χ1n) is 4.39. The fourth-order valence-corrected chi connectivity index (χ4v) is 1.63. The molecule has 78 valence electrons. The molecule has 0 aromatic carbocycles.